The first-order valence-electron chi connectivity index (χ1n) is 10.3. The molecule has 3 aromatic carbocycles. The Hall–Kier alpha value is -3.57. The quantitative estimate of drug-likeness (QED) is 0.473. The van der Waals surface area contributed by atoms with Gasteiger partial charge in [-0.15, -0.1) is 0 Å². The Morgan fingerprint density at radius 2 is 1.77 bits per heavy atom. The number of nitrogens with one attached hydrogen (secondary N) is 1. The molecule has 0 bridgehead atoms. The zero-order chi connectivity index (χ0) is 21.4. The summed E-state index contributed by atoms with van der Waals surface area (Å²) in [5, 5.41) is 12.6. The molecular weight excluding hydrogens is 389 g/mol. The van der Waals surface area contributed by atoms with Gasteiger partial charge in [-0.1, -0.05) is 61.5 Å². The van der Waals surface area contributed by atoms with E-state index in [2.05, 4.69) is 23.3 Å². The van der Waals surface area contributed by atoms with Crippen LogP contribution in [0.3, 0.4) is 0 Å². The van der Waals surface area contributed by atoms with Crippen LogP contribution in [0.15, 0.2) is 79.0 Å². The molecule has 0 spiro atoms. The first kappa shape index (κ1) is 19.4. The monoisotopic (exact) mass is 411 g/mol. The predicted octanol–water partition coefficient (Wildman–Crippen LogP) is 5.38. The Labute approximate surface area is 180 Å². The molecule has 1 aromatic heterocycles. The van der Waals surface area contributed by atoms with Crippen molar-refractivity contribution in [3.8, 4) is 11.3 Å². The average Bonchev–Trinajstić information content (AvgIpc) is 2.80. The summed E-state index contributed by atoms with van der Waals surface area (Å²) in [4.78, 5) is 9.33. The lowest BCUT2D eigenvalue weighted by atomic mass is 9.66. The van der Waals surface area contributed by atoms with E-state index in [4.69, 9.17) is 4.98 Å². The van der Waals surface area contributed by atoms with Crippen LogP contribution in [0.5, 0.6) is 0 Å². The highest BCUT2D eigenvalue weighted by Crippen LogP contribution is 2.46. The van der Waals surface area contributed by atoms with Crippen molar-refractivity contribution >= 4 is 11.6 Å². The van der Waals surface area contributed by atoms with Gasteiger partial charge in [-0.3, -0.25) is 0 Å². The summed E-state index contributed by atoms with van der Waals surface area (Å²) in [6, 6.07) is 22.6. The third kappa shape index (κ3) is 3.37. The summed E-state index contributed by atoms with van der Waals surface area (Å²) in [5.74, 6) is 0.282. The van der Waals surface area contributed by atoms with Gasteiger partial charge in [0.1, 0.15) is 5.82 Å². The molecule has 154 valence electrons. The van der Waals surface area contributed by atoms with E-state index in [1.165, 1.54) is 6.07 Å². The van der Waals surface area contributed by atoms with Crippen molar-refractivity contribution < 1.29 is 9.50 Å². The van der Waals surface area contributed by atoms with Gasteiger partial charge >= 0.3 is 0 Å². The summed E-state index contributed by atoms with van der Waals surface area (Å²) >= 11 is 0. The molecule has 0 saturated heterocycles. The largest absolute Gasteiger partial charge is 0.392 e. The van der Waals surface area contributed by atoms with E-state index in [-0.39, 0.29) is 12.4 Å². The fraction of sp³-hybridized carbons (Fsp3) is 0.154. The number of hydrogen-bond acceptors (Lipinski definition) is 4. The van der Waals surface area contributed by atoms with Gasteiger partial charge < -0.3 is 10.4 Å². The number of nitrogens with zero attached hydrogens (tertiary/aromatic N) is 2. The van der Waals surface area contributed by atoms with E-state index in [9.17, 15) is 9.50 Å². The standard InChI is InChI=1S/C26H22FN3O/c1-26(22-11-4-5-12-23(22)27)14-18-15-28-25(29-19-8-6-7-17(13-19)16-31)30-24(18)20-9-2-3-10-21(20)26/h2-13,15,31H,14,16H2,1H3,(H,28,29,30)/t26-/m0/s1. The minimum Gasteiger partial charge on any atom is -0.392 e. The van der Waals surface area contributed by atoms with Gasteiger partial charge in [0.2, 0.25) is 5.95 Å². The number of halogens is 1. The van der Waals surface area contributed by atoms with Crippen LogP contribution in [0.2, 0.25) is 0 Å². The maximum atomic E-state index is 14.8. The lowest BCUT2D eigenvalue weighted by Crippen LogP contribution is -2.32. The highest BCUT2D eigenvalue weighted by molar-refractivity contribution is 5.74. The second-order valence-corrected chi connectivity index (χ2v) is 8.09. The van der Waals surface area contributed by atoms with Gasteiger partial charge in [0.25, 0.3) is 0 Å². The Morgan fingerprint density at radius 3 is 2.58 bits per heavy atom. The van der Waals surface area contributed by atoms with Crippen LogP contribution in [-0.4, -0.2) is 15.1 Å². The molecule has 31 heavy (non-hydrogen) atoms. The topological polar surface area (TPSA) is 58.0 Å². The Morgan fingerprint density at radius 1 is 1.00 bits per heavy atom. The zero-order valence-corrected chi connectivity index (χ0v) is 17.1. The van der Waals surface area contributed by atoms with E-state index in [1.807, 2.05) is 60.8 Å². The maximum Gasteiger partial charge on any atom is 0.227 e. The Bertz CT molecular complexity index is 1270. The number of anilines is 2. The number of aliphatic hydroxyl groups is 1. The van der Waals surface area contributed by atoms with Crippen molar-refractivity contribution in [1.82, 2.24) is 9.97 Å². The van der Waals surface area contributed by atoms with Gasteiger partial charge in [-0.2, -0.15) is 0 Å². The summed E-state index contributed by atoms with van der Waals surface area (Å²) in [6.45, 7) is 2.06. The number of benzene rings is 3. The minimum absolute atomic E-state index is 0.0252. The number of aromatic nitrogens is 2. The van der Waals surface area contributed by atoms with E-state index >= 15 is 0 Å². The van der Waals surface area contributed by atoms with E-state index in [0.29, 0.717) is 17.9 Å². The SMILES string of the molecule is C[C@]1(c2ccccc2F)Cc2cnc(Nc3cccc(CO)c3)nc2-c2ccccc21. The molecule has 0 amide bonds. The number of aliphatic hydroxyl groups excluding tert-OH is 1. The van der Waals surface area contributed by atoms with Gasteiger partial charge in [0, 0.05) is 22.9 Å². The van der Waals surface area contributed by atoms with Gasteiger partial charge in [-0.05, 0) is 46.9 Å². The van der Waals surface area contributed by atoms with Crippen LogP contribution in [0, 0.1) is 5.82 Å². The third-order valence-corrected chi connectivity index (χ3v) is 6.02. The molecule has 0 unspecified atom stereocenters. The third-order valence-electron chi connectivity index (χ3n) is 6.02. The lowest BCUT2D eigenvalue weighted by Gasteiger charge is -2.37. The minimum atomic E-state index is -0.511. The number of hydrogen-bond donors (Lipinski definition) is 2. The van der Waals surface area contributed by atoms with Crippen LogP contribution in [0.4, 0.5) is 16.0 Å². The molecule has 4 nitrogen and oxygen atoms in total. The molecular formula is C26H22FN3O. The van der Waals surface area contributed by atoms with Gasteiger partial charge in [-0.25, -0.2) is 14.4 Å². The fourth-order valence-corrected chi connectivity index (χ4v) is 4.50. The highest BCUT2D eigenvalue weighted by atomic mass is 19.1. The predicted molar refractivity (Wildman–Crippen MR) is 120 cm³/mol. The molecule has 1 aliphatic carbocycles. The van der Waals surface area contributed by atoms with Crippen molar-refractivity contribution in [3.05, 3.63) is 107 Å². The molecule has 1 aliphatic rings. The van der Waals surface area contributed by atoms with E-state index < -0.39 is 5.41 Å². The van der Waals surface area contributed by atoms with Crippen LogP contribution in [0.25, 0.3) is 11.3 Å². The highest BCUT2D eigenvalue weighted by Gasteiger charge is 2.38. The van der Waals surface area contributed by atoms with Crippen molar-refractivity contribution in [2.45, 2.75) is 25.4 Å². The second kappa shape index (κ2) is 7.60. The molecule has 1 atom stereocenters. The van der Waals surface area contributed by atoms with Crippen LogP contribution >= 0.6 is 0 Å². The van der Waals surface area contributed by atoms with Crippen molar-refractivity contribution in [1.29, 1.82) is 0 Å². The molecule has 0 fully saturated rings. The average molecular weight is 411 g/mol. The normalized spacial score (nSPS) is 17.0. The number of rotatable bonds is 4. The molecule has 5 heteroatoms. The summed E-state index contributed by atoms with van der Waals surface area (Å²) in [5.41, 5.74) is 5.68. The molecule has 2 N–H and O–H groups in total. The van der Waals surface area contributed by atoms with Crippen LogP contribution in [-0.2, 0) is 18.4 Å². The summed E-state index contributed by atoms with van der Waals surface area (Å²) in [7, 11) is 0. The van der Waals surface area contributed by atoms with Gasteiger partial charge in [0.05, 0.1) is 12.3 Å². The second-order valence-electron chi connectivity index (χ2n) is 8.09. The van der Waals surface area contributed by atoms with Crippen LogP contribution in [0.1, 0.15) is 29.2 Å². The zero-order valence-electron chi connectivity index (χ0n) is 17.1. The smallest absolute Gasteiger partial charge is 0.227 e. The maximum absolute atomic E-state index is 14.8. The molecule has 0 radical (unpaired) electrons. The molecule has 5 rings (SSSR count). The van der Waals surface area contributed by atoms with E-state index in [1.54, 1.807) is 6.07 Å². The molecule has 1 heterocycles. The first-order chi connectivity index (χ1) is 15.1. The number of fused-ring (bicyclic) bond motifs is 3. The molecule has 0 aliphatic heterocycles. The Balaban J connectivity index is 1.59. The van der Waals surface area contributed by atoms with Crippen molar-refractivity contribution in [2.24, 2.45) is 0 Å². The van der Waals surface area contributed by atoms with Crippen molar-refractivity contribution in [2.75, 3.05) is 5.32 Å². The van der Waals surface area contributed by atoms with E-state index in [0.717, 1.165) is 33.6 Å². The van der Waals surface area contributed by atoms with Crippen molar-refractivity contribution in [3.63, 3.8) is 0 Å². The summed E-state index contributed by atoms with van der Waals surface area (Å²) in [6.07, 6.45) is 2.44. The van der Waals surface area contributed by atoms with Crippen LogP contribution < -0.4 is 5.32 Å². The summed E-state index contributed by atoms with van der Waals surface area (Å²) < 4.78 is 14.8. The van der Waals surface area contributed by atoms with Gasteiger partial charge in [0.15, 0.2) is 0 Å². The fourth-order valence-electron chi connectivity index (χ4n) is 4.50. The molecule has 4 aromatic rings. The lowest BCUT2D eigenvalue weighted by molar-refractivity contribution is 0.282. The molecule has 0 saturated carbocycles. The Kier molecular flexibility index (Phi) is 4.75. The first-order valence-corrected chi connectivity index (χ1v) is 10.3.